The molecule has 1 amide bonds. The van der Waals surface area contributed by atoms with Crippen LogP contribution in [0, 0.1) is 0 Å². The third-order valence-electron chi connectivity index (χ3n) is 11.1. The number of halogens is 2. The first-order chi connectivity index (χ1) is 35.3. The molecule has 0 fully saturated rings. The van der Waals surface area contributed by atoms with Crippen LogP contribution in [0.25, 0.3) is 21.5 Å². The maximum Gasteiger partial charge on any atom is 2.00 e. The van der Waals surface area contributed by atoms with Gasteiger partial charge in [-0.3, -0.25) is 18.9 Å². The van der Waals surface area contributed by atoms with Gasteiger partial charge in [0.05, 0.1) is 52.6 Å². The van der Waals surface area contributed by atoms with Gasteiger partial charge in [-0.05, 0) is 107 Å². The molecule has 0 aliphatic heterocycles. The SMILES string of the molecule is CCc1cc(N=Nc2c(O)c(C(=O)Nc3ccccc3OC)cc3ccccc23)cc(Cl)c1S(=O)(=O)O.CCc1cc(N=Nc2c([O-])c(C([O-])=Nc3ccccc3OC)cc3ccccc23)cc(Cl)c1S(=O)(=O)O.[Ca+2]. The van der Waals surface area contributed by atoms with Gasteiger partial charge in [-0.1, -0.05) is 116 Å². The van der Waals surface area contributed by atoms with Crippen LogP contribution >= 0.6 is 23.2 Å². The van der Waals surface area contributed by atoms with Crippen molar-refractivity contribution in [3.05, 3.63) is 166 Å². The van der Waals surface area contributed by atoms with Crippen molar-refractivity contribution in [1.29, 1.82) is 0 Å². The summed E-state index contributed by atoms with van der Waals surface area (Å²) >= 11 is 12.2. The first-order valence-electron chi connectivity index (χ1n) is 22.0. The Morgan fingerprint density at radius 3 is 1.60 bits per heavy atom. The fourth-order valence-electron chi connectivity index (χ4n) is 7.69. The van der Waals surface area contributed by atoms with E-state index in [1.54, 1.807) is 117 Å². The third-order valence-corrected chi connectivity index (χ3v) is 13.9. The number of para-hydroxylation sites is 4. The van der Waals surface area contributed by atoms with Gasteiger partial charge in [0.2, 0.25) is 0 Å². The number of phenolic OH excluding ortho intramolecular Hbond substituents is 1. The number of phenols is 1. The summed E-state index contributed by atoms with van der Waals surface area (Å²) in [5.74, 6) is -1.61. The summed E-state index contributed by atoms with van der Waals surface area (Å²) in [6, 6.07) is 35.7. The second-order valence-electron chi connectivity index (χ2n) is 15.8. The van der Waals surface area contributed by atoms with Crippen LogP contribution in [0.4, 0.5) is 34.1 Å². The van der Waals surface area contributed by atoms with Gasteiger partial charge in [0.25, 0.3) is 26.1 Å². The molecule has 0 aromatic heterocycles. The number of azo groups is 2. The second-order valence-corrected chi connectivity index (χ2v) is 19.3. The normalized spacial score (nSPS) is 11.9. The molecule has 0 aliphatic carbocycles. The molecule has 75 heavy (non-hydrogen) atoms. The van der Waals surface area contributed by atoms with E-state index in [2.05, 4.69) is 30.8 Å². The molecule has 0 aliphatic rings. The summed E-state index contributed by atoms with van der Waals surface area (Å²) in [5, 5.41) is 58.5. The van der Waals surface area contributed by atoms with Gasteiger partial charge in [0, 0.05) is 10.8 Å². The van der Waals surface area contributed by atoms with Crippen LogP contribution in [0.15, 0.2) is 169 Å². The van der Waals surface area contributed by atoms with Gasteiger partial charge in [-0.15, -0.1) is 5.11 Å². The quantitative estimate of drug-likeness (QED) is 0.0260. The molecule has 0 saturated heterocycles. The predicted molar refractivity (Wildman–Crippen MR) is 285 cm³/mol. The van der Waals surface area contributed by atoms with E-state index >= 15 is 0 Å². The average Bonchev–Trinajstić information content (AvgIpc) is 3.37. The predicted octanol–water partition coefficient (Wildman–Crippen LogP) is 11.5. The van der Waals surface area contributed by atoms with Crippen molar-refractivity contribution >= 4 is 149 Å². The number of hydrogen-bond acceptors (Lipinski definition) is 15. The summed E-state index contributed by atoms with van der Waals surface area (Å²) < 4.78 is 76.4. The largest absolute Gasteiger partial charge is 2.00 e. The summed E-state index contributed by atoms with van der Waals surface area (Å²) in [6.45, 7) is 3.38. The van der Waals surface area contributed by atoms with E-state index in [1.807, 2.05) is 0 Å². The van der Waals surface area contributed by atoms with Crippen LogP contribution in [0.2, 0.25) is 10.0 Å². The Morgan fingerprint density at radius 2 is 1.08 bits per heavy atom. The van der Waals surface area contributed by atoms with Crippen molar-refractivity contribution in [3.63, 3.8) is 0 Å². The average molecular weight is 1120 g/mol. The minimum atomic E-state index is -4.55. The number of methoxy groups -OCH3 is 2. The van der Waals surface area contributed by atoms with E-state index in [1.165, 1.54) is 44.6 Å². The number of fused-ring (bicyclic) bond motifs is 2. The Morgan fingerprint density at radius 1 is 0.627 bits per heavy atom. The Labute approximate surface area is 470 Å². The minimum absolute atomic E-state index is 0. The monoisotopic (exact) mass is 1120 g/mol. The molecule has 8 aromatic rings. The number of amides is 1. The number of aromatic hydroxyl groups is 1. The molecule has 8 rings (SSSR count). The van der Waals surface area contributed by atoms with Gasteiger partial charge >= 0.3 is 37.7 Å². The summed E-state index contributed by atoms with van der Waals surface area (Å²) in [4.78, 5) is 16.4. The van der Waals surface area contributed by atoms with Crippen LogP contribution in [-0.2, 0) is 33.1 Å². The van der Waals surface area contributed by atoms with Crippen LogP contribution < -0.4 is 25.0 Å². The van der Waals surface area contributed by atoms with Crippen LogP contribution in [0.1, 0.15) is 40.9 Å². The van der Waals surface area contributed by atoms with Gasteiger partial charge in [0.1, 0.15) is 32.7 Å². The number of rotatable bonds is 14. The third kappa shape index (κ3) is 13.2. The van der Waals surface area contributed by atoms with E-state index in [0.29, 0.717) is 38.7 Å². The van der Waals surface area contributed by atoms with Gasteiger partial charge in [-0.2, -0.15) is 32.2 Å². The first-order valence-corrected chi connectivity index (χ1v) is 25.7. The van der Waals surface area contributed by atoms with E-state index in [9.17, 15) is 46.1 Å². The number of hydrogen-bond donors (Lipinski definition) is 4. The van der Waals surface area contributed by atoms with Crippen molar-refractivity contribution in [2.75, 3.05) is 19.5 Å². The molecule has 0 bridgehead atoms. The minimum Gasteiger partial charge on any atom is -0.871 e. The molecule has 380 valence electrons. The van der Waals surface area contributed by atoms with Crippen molar-refractivity contribution in [1.82, 2.24) is 0 Å². The molecule has 0 atom stereocenters. The van der Waals surface area contributed by atoms with E-state index in [-0.39, 0.29) is 116 Å². The summed E-state index contributed by atoms with van der Waals surface area (Å²) in [5.41, 5.74) is 1.24. The number of ether oxygens (including phenoxy) is 2. The van der Waals surface area contributed by atoms with Gasteiger partial charge < -0.3 is 30.1 Å². The van der Waals surface area contributed by atoms with E-state index in [0.717, 1.165) is 0 Å². The number of aliphatic imine (C=N–C) groups is 1. The Kier molecular flexibility index (Phi) is 19.0. The molecular weight excluding hydrogens is 1080 g/mol. The van der Waals surface area contributed by atoms with Crippen LogP contribution in [0.5, 0.6) is 23.0 Å². The summed E-state index contributed by atoms with van der Waals surface area (Å²) in [6.07, 6.45) is 0.493. The number of benzene rings is 8. The second kappa shape index (κ2) is 24.7. The molecule has 0 spiro atoms. The summed E-state index contributed by atoms with van der Waals surface area (Å²) in [7, 11) is -6.16. The molecule has 0 radical (unpaired) electrons. The maximum absolute atomic E-state index is 13.4. The van der Waals surface area contributed by atoms with E-state index < -0.39 is 48.4 Å². The molecule has 0 heterocycles. The zero-order valence-electron chi connectivity index (χ0n) is 40.1. The molecule has 18 nitrogen and oxygen atoms in total. The van der Waals surface area contributed by atoms with Crippen LogP contribution in [-0.4, -0.2) is 94.8 Å². The number of carbonyl (C=O) groups excluding carboxylic acids is 1. The first kappa shape index (κ1) is 57.6. The van der Waals surface area contributed by atoms with Crippen molar-refractivity contribution < 1.29 is 55.5 Å². The maximum atomic E-state index is 13.4. The smallest absolute Gasteiger partial charge is 0.871 e. The standard InChI is InChI=1S/2C26H22ClN3O6S.Ca/c2*1-3-15-12-17(14-20(27)25(15)37(33,34)35)29-30-23-18-9-5-4-8-16(18)13-19(24(23)31)26(32)28-21-10-6-7-11-22(21)36-2;/h2*4-14,31H,3H2,1-2H3,(H,28,32)(H,33,34,35);/q;;+2/p-2. The van der Waals surface area contributed by atoms with E-state index in [4.69, 9.17) is 32.7 Å². The molecule has 8 aromatic carbocycles. The topological polar surface area (TPSA) is 284 Å². The molecule has 4 N–H and O–H groups in total. The number of nitrogens with one attached hydrogen (secondary N) is 1. The molecule has 0 unspecified atom stereocenters. The molecule has 0 saturated carbocycles. The van der Waals surface area contributed by atoms with Crippen LogP contribution in [0.3, 0.4) is 0 Å². The Hall–Kier alpha value is -6.72. The van der Waals surface area contributed by atoms with Gasteiger partial charge in [-0.25, -0.2) is 0 Å². The Balaban J connectivity index is 0.000000241. The van der Waals surface area contributed by atoms with Crippen molar-refractivity contribution in [2.45, 2.75) is 36.5 Å². The van der Waals surface area contributed by atoms with Crippen molar-refractivity contribution in [3.8, 4) is 23.0 Å². The fourth-order valence-corrected chi connectivity index (χ4v) is 10.4. The molecular formula is C52H42CaCl2N6O12S2. The van der Waals surface area contributed by atoms with Crippen molar-refractivity contribution in [2.24, 2.45) is 25.4 Å². The number of anilines is 1. The van der Waals surface area contributed by atoms with Gasteiger partial charge in [0.15, 0.2) is 5.75 Å². The Bertz CT molecular complexity index is 3830. The molecule has 23 heteroatoms. The fraction of sp³-hybridized carbons (Fsp3) is 0.115. The zero-order chi connectivity index (χ0) is 53.5. The zero-order valence-corrected chi connectivity index (χ0v) is 45.5. The number of aryl methyl sites for hydroxylation is 2. The number of nitrogens with zero attached hydrogens (tertiary/aromatic N) is 5. The number of carbonyl (C=O) groups is 1.